The molecule has 0 fully saturated rings. The summed E-state index contributed by atoms with van der Waals surface area (Å²) in [6.45, 7) is 0.584. The summed E-state index contributed by atoms with van der Waals surface area (Å²) in [4.78, 5) is 4.34. The van der Waals surface area contributed by atoms with Gasteiger partial charge in [0.1, 0.15) is 5.82 Å². The number of benzene rings is 2. The Morgan fingerprint density at radius 1 is 1.20 bits per heavy atom. The van der Waals surface area contributed by atoms with Gasteiger partial charge in [-0.2, -0.15) is 0 Å². The molecule has 20 heavy (non-hydrogen) atoms. The second-order valence-corrected chi connectivity index (χ2v) is 4.66. The smallest absolute Gasteiger partial charge is 0.123 e. The quantitative estimate of drug-likeness (QED) is 0.565. The highest BCUT2D eigenvalue weighted by Gasteiger charge is 2.12. The van der Waals surface area contributed by atoms with Gasteiger partial charge in [-0.15, -0.1) is 0 Å². The molecular weight excluding hydrogens is 255 g/mol. The first-order valence-electron chi connectivity index (χ1n) is 6.39. The van der Waals surface area contributed by atoms with Gasteiger partial charge in [0, 0.05) is 6.54 Å². The summed E-state index contributed by atoms with van der Waals surface area (Å²) in [7, 11) is 0. The second kappa shape index (κ2) is 5.40. The zero-order valence-electron chi connectivity index (χ0n) is 10.8. The predicted octanol–water partition coefficient (Wildman–Crippen LogP) is 2.38. The van der Waals surface area contributed by atoms with Gasteiger partial charge in [-0.25, -0.2) is 9.37 Å². The Morgan fingerprint density at radius 2 is 2.05 bits per heavy atom. The fourth-order valence-electron chi connectivity index (χ4n) is 2.33. The molecule has 0 saturated heterocycles. The van der Waals surface area contributed by atoms with Gasteiger partial charge in [-0.1, -0.05) is 24.3 Å². The average Bonchev–Trinajstić information content (AvgIpc) is 2.88. The molecule has 102 valence electrons. The molecule has 3 N–H and O–H groups in total. The lowest BCUT2D eigenvalue weighted by atomic mass is 10.1. The Bertz CT molecular complexity index is 722. The molecule has 0 aliphatic heterocycles. The van der Waals surface area contributed by atoms with Crippen LogP contribution in [0.5, 0.6) is 0 Å². The van der Waals surface area contributed by atoms with Crippen molar-refractivity contribution in [1.29, 1.82) is 0 Å². The van der Waals surface area contributed by atoms with Crippen LogP contribution in [-0.2, 0) is 6.54 Å². The van der Waals surface area contributed by atoms with E-state index in [0.717, 1.165) is 16.6 Å². The highest BCUT2D eigenvalue weighted by atomic mass is 19.1. The predicted molar refractivity (Wildman–Crippen MR) is 76.2 cm³/mol. The number of hydrazine groups is 1. The van der Waals surface area contributed by atoms with Gasteiger partial charge < -0.3 is 4.57 Å². The molecule has 0 aliphatic carbocycles. The summed E-state index contributed by atoms with van der Waals surface area (Å²) in [6.07, 6.45) is 1.77. The van der Waals surface area contributed by atoms with Crippen LogP contribution in [0, 0.1) is 5.82 Å². The third-order valence-corrected chi connectivity index (χ3v) is 3.36. The molecule has 1 aromatic heterocycles. The SMILES string of the molecule is NNC(Cn1cnc2ccccc21)c1cccc(F)c1. The number of halogens is 1. The Morgan fingerprint density at radius 3 is 2.85 bits per heavy atom. The maximum atomic E-state index is 13.3. The van der Waals surface area contributed by atoms with Crippen LogP contribution in [0.25, 0.3) is 11.0 Å². The third-order valence-electron chi connectivity index (χ3n) is 3.36. The number of hydrogen-bond acceptors (Lipinski definition) is 3. The minimum atomic E-state index is -0.266. The van der Waals surface area contributed by atoms with E-state index in [9.17, 15) is 4.39 Å². The van der Waals surface area contributed by atoms with E-state index in [2.05, 4.69) is 10.4 Å². The van der Waals surface area contributed by atoms with Crippen LogP contribution >= 0.6 is 0 Å². The fourth-order valence-corrected chi connectivity index (χ4v) is 2.33. The van der Waals surface area contributed by atoms with Crippen molar-refractivity contribution in [1.82, 2.24) is 15.0 Å². The number of fused-ring (bicyclic) bond motifs is 1. The van der Waals surface area contributed by atoms with Crippen LogP contribution in [0.4, 0.5) is 4.39 Å². The molecule has 2 aromatic carbocycles. The van der Waals surface area contributed by atoms with Crippen molar-refractivity contribution in [3.8, 4) is 0 Å². The molecule has 5 heteroatoms. The van der Waals surface area contributed by atoms with E-state index in [-0.39, 0.29) is 11.9 Å². The maximum absolute atomic E-state index is 13.3. The van der Waals surface area contributed by atoms with E-state index in [0.29, 0.717) is 6.54 Å². The zero-order chi connectivity index (χ0) is 13.9. The summed E-state index contributed by atoms with van der Waals surface area (Å²) in [5.74, 6) is 5.34. The molecule has 0 bridgehead atoms. The van der Waals surface area contributed by atoms with Gasteiger partial charge >= 0.3 is 0 Å². The molecule has 0 spiro atoms. The molecule has 3 rings (SSSR count). The summed E-state index contributed by atoms with van der Waals surface area (Å²) in [5, 5.41) is 0. The first-order chi connectivity index (χ1) is 9.78. The molecular formula is C15H15FN4. The van der Waals surface area contributed by atoms with E-state index >= 15 is 0 Å². The minimum absolute atomic E-state index is 0.177. The van der Waals surface area contributed by atoms with Crippen LogP contribution in [0.3, 0.4) is 0 Å². The molecule has 0 aliphatic rings. The monoisotopic (exact) mass is 270 g/mol. The van der Waals surface area contributed by atoms with Gasteiger partial charge in [-0.3, -0.25) is 11.3 Å². The number of hydrogen-bond donors (Lipinski definition) is 2. The number of aromatic nitrogens is 2. The molecule has 1 unspecified atom stereocenters. The first-order valence-corrected chi connectivity index (χ1v) is 6.39. The first kappa shape index (κ1) is 12.8. The Kier molecular flexibility index (Phi) is 3.45. The topological polar surface area (TPSA) is 55.9 Å². The summed E-state index contributed by atoms with van der Waals surface area (Å²) >= 11 is 0. The van der Waals surface area contributed by atoms with Crippen molar-refractivity contribution >= 4 is 11.0 Å². The number of imidazole rings is 1. The highest BCUT2D eigenvalue weighted by Crippen LogP contribution is 2.19. The molecule has 1 atom stereocenters. The van der Waals surface area contributed by atoms with Crippen molar-refractivity contribution < 1.29 is 4.39 Å². The maximum Gasteiger partial charge on any atom is 0.123 e. The average molecular weight is 270 g/mol. The van der Waals surface area contributed by atoms with Gasteiger partial charge in [0.2, 0.25) is 0 Å². The van der Waals surface area contributed by atoms with E-state index in [1.807, 2.05) is 34.9 Å². The molecule has 0 saturated carbocycles. The van der Waals surface area contributed by atoms with Crippen molar-refractivity contribution in [3.63, 3.8) is 0 Å². The van der Waals surface area contributed by atoms with E-state index < -0.39 is 0 Å². The number of rotatable bonds is 4. The van der Waals surface area contributed by atoms with Crippen molar-refractivity contribution in [2.24, 2.45) is 5.84 Å². The summed E-state index contributed by atoms with van der Waals surface area (Å²) in [6, 6.07) is 14.1. The molecule has 4 nitrogen and oxygen atoms in total. The van der Waals surface area contributed by atoms with E-state index in [1.165, 1.54) is 12.1 Å². The van der Waals surface area contributed by atoms with E-state index in [1.54, 1.807) is 12.4 Å². The van der Waals surface area contributed by atoms with Gasteiger partial charge in [0.05, 0.1) is 23.4 Å². The number of nitrogens with one attached hydrogen (secondary N) is 1. The van der Waals surface area contributed by atoms with Crippen LogP contribution in [0.15, 0.2) is 54.9 Å². The van der Waals surface area contributed by atoms with Crippen molar-refractivity contribution in [2.45, 2.75) is 12.6 Å². The Labute approximate surface area is 116 Å². The molecule has 0 radical (unpaired) electrons. The van der Waals surface area contributed by atoms with Crippen LogP contribution < -0.4 is 11.3 Å². The second-order valence-electron chi connectivity index (χ2n) is 4.66. The van der Waals surface area contributed by atoms with Crippen LogP contribution in [0.1, 0.15) is 11.6 Å². The van der Waals surface area contributed by atoms with Crippen LogP contribution in [-0.4, -0.2) is 9.55 Å². The minimum Gasteiger partial charge on any atom is -0.329 e. The fraction of sp³-hybridized carbons (Fsp3) is 0.133. The lowest BCUT2D eigenvalue weighted by Gasteiger charge is -2.17. The summed E-state index contributed by atoms with van der Waals surface area (Å²) in [5.41, 5.74) is 5.51. The Hall–Kier alpha value is -2.24. The number of nitrogens with two attached hydrogens (primary N) is 1. The lowest BCUT2D eigenvalue weighted by molar-refractivity contribution is 0.478. The third kappa shape index (κ3) is 2.41. The lowest BCUT2D eigenvalue weighted by Crippen LogP contribution is -2.31. The number of para-hydroxylation sites is 2. The van der Waals surface area contributed by atoms with Gasteiger partial charge in [0.15, 0.2) is 0 Å². The van der Waals surface area contributed by atoms with Crippen molar-refractivity contribution in [3.05, 3.63) is 66.2 Å². The molecule has 0 amide bonds. The van der Waals surface area contributed by atoms with Crippen LogP contribution in [0.2, 0.25) is 0 Å². The molecule has 3 aromatic rings. The highest BCUT2D eigenvalue weighted by molar-refractivity contribution is 5.74. The van der Waals surface area contributed by atoms with Gasteiger partial charge in [0.25, 0.3) is 0 Å². The normalized spacial score (nSPS) is 12.7. The van der Waals surface area contributed by atoms with E-state index in [4.69, 9.17) is 5.84 Å². The summed E-state index contributed by atoms with van der Waals surface area (Å²) < 4.78 is 15.3. The zero-order valence-corrected chi connectivity index (χ0v) is 10.8. The number of nitrogens with zero attached hydrogens (tertiary/aromatic N) is 2. The largest absolute Gasteiger partial charge is 0.329 e. The Balaban J connectivity index is 1.92. The van der Waals surface area contributed by atoms with Gasteiger partial charge in [-0.05, 0) is 29.8 Å². The molecule has 1 heterocycles. The standard InChI is InChI=1S/C15H15FN4/c16-12-5-3-4-11(8-12)14(19-17)9-20-10-18-13-6-1-2-7-15(13)20/h1-8,10,14,19H,9,17H2. The van der Waals surface area contributed by atoms with Crippen molar-refractivity contribution in [2.75, 3.05) is 0 Å².